The first-order chi connectivity index (χ1) is 10.2. The van der Waals surface area contributed by atoms with Gasteiger partial charge >= 0.3 is 0 Å². The van der Waals surface area contributed by atoms with Crippen molar-refractivity contribution in [3.8, 4) is 0 Å². The van der Waals surface area contributed by atoms with Crippen LogP contribution in [0, 0.1) is 5.92 Å². The van der Waals surface area contributed by atoms with Gasteiger partial charge in [-0.2, -0.15) is 0 Å². The van der Waals surface area contributed by atoms with E-state index in [1.165, 1.54) is 0 Å². The summed E-state index contributed by atoms with van der Waals surface area (Å²) >= 11 is 1.58. The molecular weight excluding hydrogens is 302 g/mol. The molecule has 1 N–H and O–H groups in total. The Balaban J connectivity index is 2.03. The van der Waals surface area contributed by atoms with Gasteiger partial charge in [-0.1, -0.05) is 0 Å². The lowest BCUT2D eigenvalue weighted by Crippen LogP contribution is -2.53. The normalized spacial score (nSPS) is 25.7. The molecule has 2 aliphatic heterocycles. The first-order valence-electron chi connectivity index (χ1n) is 7.71. The van der Waals surface area contributed by atoms with Gasteiger partial charge in [-0.15, -0.1) is 11.8 Å². The van der Waals surface area contributed by atoms with Crippen LogP contribution in [0.15, 0.2) is 0 Å². The monoisotopic (exact) mass is 327 g/mol. The number of nitrogens with zero attached hydrogens (tertiary/aromatic N) is 2. The molecular formula is C15H25N3O3S. The summed E-state index contributed by atoms with van der Waals surface area (Å²) < 4.78 is 0. The zero-order valence-corrected chi connectivity index (χ0v) is 14.5. The Morgan fingerprint density at radius 3 is 2.59 bits per heavy atom. The Hall–Kier alpha value is -1.24. The second kappa shape index (κ2) is 6.48. The van der Waals surface area contributed by atoms with Crippen LogP contribution in [0.3, 0.4) is 0 Å². The van der Waals surface area contributed by atoms with Gasteiger partial charge in [0.05, 0.1) is 11.8 Å². The van der Waals surface area contributed by atoms with E-state index in [0.717, 1.165) is 0 Å². The Kier molecular flexibility index (Phi) is 5.04. The SMILES string of the molecule is CCN1C[C@@H](C(=O)N2CSC[C@H]2C(=O)NC(C)(C)C)CC1=O. The zero-order valence-electron chi connectivity index (χ0n) is 13.7. The standard InChI is InChI=1S/C15H25N3O3S/c1-5-17-7-10(6-12(17)19)14(21)18-9-22-8-11(18)13(20)16-15(2,3)4/h10-11H,5-9H2,1-4H3,(H,16,20)/t10-,11-/m0/s1. The van der Waals surface area contributed by atoms with Crippen LogP contribution in [0.5, 0.6) is 0 Å². The first-order valence-corrected chi connectivity index (χ1v) is 8.86. The largest absolute Gasteiger partial charge is 0.350 e. The van der Waals surface area contributed by atoms with Gasteiger partial charge in [0.1, 0.15) is 6.04 Å². The predicted octanol–water partition coefficient (Wildman–Crippen LogP) is 0.671. The van der Waals surface area contributed by atoms with E-state index in [2.05, 4.69) is 5.32 Å². The molecule has 2 heterocycles. The number of likely N-dealkylation sites (tertiary alicyclic amines) is 1. The fourth-order valence-electron chi connectivity index (χ4n) is 2.81. The maximum atomic E-state index is 12.7. The molecule has 0 saturated carbocycles. The van der Waals surface area contributed by atoms with Crippen LogP contribution in [-0.4, -0.2) is 63.8 Å². The van der Waals surface area contributed by atoms with Gasteiger partial charge in [0.15, 0.2) is 0 Å². The van der Waals surface area contributed by atoms with Crippen molar-refractivity contribution in [3.05, 3.63) is 0 Å². The van der Waals surface area contributed by atoms with Gasteiger partial charge in [-0.25, -0.2) is 0 Å². The van der Waals surface area contributed by atoms with Gasteiger partial charge in [-0.3, -0.25) is 14.4 Å². The third-order valence-electron chi connectivity index (χ3n) is 3.91. The molecule has 0 aromatic heterocycles. The van der Waals surface area contributed by atoms with E-state index in [0.29, 0.717) is 24.7 Å². The lowest BCUT2D eigenvalue weighted by atomic mass is 10.1. The summed E-state index contributed by atoms with van der Waals surface area (Å²) in [6.45, 7) is 8.79. The minimum Gasteiger partial charge on any atom is -0.350 e. The van der Waals surface area contributed by atoms with Crippen LogP contribution in [0.1, 0.15) is 34.1 Å². The molecule has 22 heavy (non-hydrogen) atoms. The van der Waals surface area contributed by atoms with Crippen molar-refractivity contribution in [1.29, 1.82) is 0 Å². The summed E-state index contributed by atoms with van der Waals surface area (Å²) in [5, 5.41) is 2.94. The Bertz CT molecular complexity index is 475. The van der Waals surface area contributed by atoms with E-state index in [1.54, 1.807) is 21.6 Å². The summed E-state index contributed by atoms with van der Waals surface area (Å²) in [6, 6.07) is -0.428. The smallest absolute Gasteiger partial charge is 0.244 e. The zero-order chi connectivity index (χ0) is 16.5. The van der Waals surface area contributed by atoms with Crippen molar-refractivity contribution in [2.24, 2.45) is 5.92 Å². The second-order valence-electron chi connectivity index (χ2n) is 6.90. The second-order valence-corrected chi connectivity index (χ2v) is 7.90. The highest BCUT2D eigenvalue weighted by Crippen LogP contribution is 2.27. The average molecular weight is 327 g/mol. The third-order valence-corrected chi connectivity index (χ3v) is 4.92. The van der Waals surface area contributed by atoms with Gasteiger partial charge in [0, 0.05) is 30.8 Å². The molecule has 2 fully saturated rings. The summed E-state index contributed by atoms with van der Waals surface area (Å²) in [5.74, 6) is 0.689. The van der Waals surface area contributed by atoms with E-state index in [-0.39, 0.29) is 35.6 Å². The average Bonchev–Trinajstić information content (AvgIpc) is 3.02. The lowest BCUT2D eigenvalue weighted by molar-refractivity contribution is -0.141. The Labute approximate surface area is 136 Å². The van der Waals surface area contributed by atoms with E-state index < -0.39 is 6.04 Å². The van der Waals surface area contributed by atoms with Crippen molar-refractivity contribution in [1.82, 2.24) is 15.1 Å². The van der Waals surface area contributed by atoms with Crippen molar-refractivity contribution in [3.63, 3.8) is 0 Å². The Morgan fingerprint density at radius 1 is 1.36 bits per heavy atom. The van der Waals surface area contributed by atoms with Crippen molar-refractivity contribution in [2.75, 3.05) is 24.7 Å². The molecule has 3 amide bonds. The number of nitrogens with one attached hydrogen (secondary N) is 1. The van der Waals surface area contributed by atoms with E-state index in [1.807, 2.05) is 27.7 Å². The van der Waals surface area contributed by atoms with Crippen LogP contribution in [-0.2, 0) is 14.4 Å². The quantitative estimate of drug-likeness (QED) is 0.827. The number of rotatable bonds is 3. The van der Waals surface area contributed by atoms with Crippen LogP contribution in [0.2, 0.25) is 0 Å². The van der Waals surface area contributed by atoms with E-state index in [9.17, 15) is 14.4 Å². The highest BCUT2D eigenvalue weighted by atomic mass is 32.2. The van der Waals surface area contributed by atoms with Gasteiger partial charge in [0.2, 0.25) is 17.7 Å². The molecule has 0 spiro atoms. The molecule has 0 radical (unpaired) electrons. The number of thioether (sulfide) groups is 1. The van der Waals surface area contributed by atoms with Gasteiger partial charge in [0.25, 0.3) is 0 Å². The van der Waals surface area contributed by atoms with E-state index in [4.69, 9.17) is 0 Å². The molecule has 2 rings (SSSR count). The molecule has 124 valence electrons. The molecule has 2 atom stereocenters. The lowest BCUT2D eigenvalue weighted by Gasteiger charge is -2.29. The number of hydrogen-bond acceptors (Lipinski definition) is 4. The minimum atomic E-state index is -0.428. The molecule has 2 aliphatic rings. The first kappa shape index (κ1) is 17.1. The van der Waals surface area contributed by atoms with Gasteiger partial charge < -0.3 is 15.1 Å². The predicted molar refractivity (Wildman–Crippen MR) is 86.2 cm³/mol. The molecule has 0 unspecified atom stereocenters. The Morgan fingerprint density at radius 2 is 2.05 bits per heavy atom. The van der Waals surface area contributed by atoms with E-state index >= 15 is 0 Å². The van der Waals surface area contributed by atoms with Crippen molar-refractivity contribution >= 4 is 29.5 Å². The molecule has 0 bridgehead atoms. The molecule has 2 saturated heterocycles. The molecule has 7 heteroatoms. The molecule has 0 aromatic rings. The van der Waals surface area contributed by atoms with Crippen molar-refractivity contribution < 1.29 is 14.4 Å². The molecule has 0 aromatic carbocycles. The maximum absolute atomic E-state index is 12.7. The van der Waals surface area contributed by atoms with Crippen LogP contribution in [0.25, 0.3) is 0 Å². The van der Waals surface area contributed by atoms with Crippen LogP contribution in [0.4, 0.5) is 0 Å². The molecule has 6 nitrogen and oxygen atoms in total. The minimum absolute atomic E-state index is 0.0309. The summed E-state index contributed by atoms with van der Waals surface area (Å²) in [5.41, 5.74) is -0.318. The van der Waals surface area contributed by atoms with Crippen LogP contribution < -0.4 is 5.32 Å². The molecule has 0 aliphatic carbocycles. The van der Waals surface area contributed by atoms with Crippen LogP contribution >= 0.6 is 11.8 Å². The van der Waals surface area contributed by atoms with Gasteiger partial charge in [-0.05, 0) is 27.7 Å². The highest BCUT2D eigenvalue weighted by molar-refractivity contribution is 7.99. The fourth-order valence-corrected chi connectivity index (χ4v) is 3.97. The third kappa shape index (κ3) is 3.74. The summed E-state index contributed by atoms with van der Waals surface area (Å²) in [6.07, 6.45) is 0.265. The van der Waals surface area contributed by atoms with Crippen molar-refractivity contribution in [2.45, 2.75) is 45.7 Å². The fraction of sp³-hybridized carbons (Fsp3) is 0.800. The highest BCUT2D eigenvalue weighted by Gasteiger charge is 2.42. The topological polar surface area (TPSA) is 69.7 Å². The maximum Gasteiger partial charge on any atom is 0.244 e. The summed E-state index contributed by atoms with van der Waals surface area (Å²) in [7, 11) is 0. The number of amides is 3. The number of carbonyl (C=O) groups excluding carboxylic acids is 3. The number of hydrogen-bond donors (Lipinski definition) is 1. The summed E-state index contributed by atoms with van der Waals surface area (Å²) in [4.78, 5) is 40.2. The number of carbonyl (C=O) groups is 3.